The van der Waals surface area contributed by atoms with Crippen LogP contribution in [0.4, 0.5) is 11.4 Å². The molecule has 1 amide bonds. The fraction of sp³-hybridized carbons (Fsp3) is 0.458. The van der Waals surface area contributed by atoms with Gasteiger partial charge in [0.1, 0.15) is 18.1 Å². The molecule has 2 aromatic carbocycles. The van der Waals surface area contributed by atoms with Crippen molar-refractivity contribution in [1.29, 1.82) is 0 Å². The van der Waals surface area contributed by atoms with Gasteiger partial charge in [-0.2, -0.15) is 0 Å². The van der Waals surface area contributed by atoms with E-state index in [1.54, 1.807) is 6.07 Å². The van der Waals surface area contributed by atoms with Crippen LogP contribution in [-0.4, -0.2) is 38.9 Å². The lowest BCUT2D eigenvalue weighted by molar-refractivity contribution is -0.114. The van der Waals surface area contributed by atoms with Gasteiger partial charge in [-0.25, -0.2) is 0 Å². The van der Waals surface area contributed by atoms with Crippen molar-refractivity contribution in [3.05, 3.63) is 48.5 Å². The first-order valence-corrected chi connectivity index (χ1v) is 10.8. The number of hydrogen-bond donors (Lipinski definition) is 2. The largest absolute Gasteiger partial charge is 0.494 e. The number of carbonyl (C=O) groups is 1. The first kappa shape index (κ1) is 23.5. The first-order valence-electron chi connectivity index (χ1n) is 10.8. The summed E-state index contributed by atoms with van der Waals surface area (Å²) in [5.41, 5.74) is 1.57. The van der Waals surface area contributed by atoms with E-state index in [0.29, 0.717) is 31.3 Å². The zero-order valence-corrected chi connectivity index (χ0v) is 18.1. The molecule has 0 aliphatic carbocycles. The summed E-state index contributed by atoms with van der Waals surface area (Å²) < 4.78 is 16.6. The highest BCUT2D eigenvalue weighted by Gasteiger charge is 2.04. The lowest BCUT2D eigenvalue weighted by Crippen LogP contribution is -2.21. The van der Waals surface area contributed by atoms with Crippen molar-refractivity contribution >= 4 is 17.3 Å². The van der Waals surface area contributed by atoms with Crippen LogP contribution in [0.2, 0.25) is 0 Å². The van der Waals surface area contributed by atoms with Crippen molar-refractivity contribution in [1.82, 2.24) is 0 Å². The van der Waals surface area contributed by atoms with Crippen molar-refractivity contribution in [2.45, 2.75) is 39.5 Å². The summed E-state index contributed by atoms with van der Waals surface area (Å²) in [7, 11) is 0. The van der Waals surface area contributed by atoms with Gasteiger partial charge in [-0.05, 0) is 49.7 Å². The van der Waals surface area contributed by atoms with E-state index in [9.17, 15) is 4.79 Å². The molecule has 6 heteroatoms. The molecule has 0 spiro atoms. The van der Waals surface area contributed by atoms with Gasteiger partial charge in [0, 0.05) is 24.0 Å². The van der Waals surface area contributed by atoms with Crippen LogP contribution >= 0.6 is 0 Å². The highest BCUT2D eigenvalue weighted by Crippen LogP contribution is 2.18. The third kappa shape index (κ3) is 9.65. The second kappa shape index (κ2) is 14.3. The number of ether oxygens (including phenoxy) is 3. The second-order valence-electron chi connectivity index (χ2n) is 6.91. The highest BCUT2D eigenvalue weighted by molar-refractivity contribution is 5.93. The lowest BCUT2D eigenvalue weighted by atomic mass is 10.2. The van der Waals surface area contributed by atoms with Crippen molar-refractivity contribution in [2.24, 2.45) is 0 Å². The van der Waals surface area contributed by atoms with Gasteiger partial charge in [-0.1, -0.05) is 32.3 Å². The molecule has 0 fully saturated rings. The molecule has 2 rings (SSSR count). The molecule has 0 saturated carbocycles. The maximum Gasteiger partial charge on any atom is 0.243 e. The topological polar surface area (TPSA) is 68.8 Å². The fourth-order valence-corrected chi connectivity index (χ4v) is 2.80. The van der Waals surface area contributed by atoms with Crippen LogP contribution in [0.3, 0.4) is 0 Å². The van der Waals surface area contributed by atoms with Crippen molar-refractivity contribution < 1.29 is 19.0 Å². The van der Waals surface area contributed by atoms with Gasteiger partial charge in [0.2, 0.25) is 5.91 Å². The Morgan fingerprint density at radius 1 is 0.833 bits per heavy atom. The molecule has 0 radical (unpaired) electrons. The Bertz CT molecular complexity index is 734. The Labute approximate surface area is 179 Å². The van der Waals surface area contributed by atoms with E-state index in [4.69, 9.17) is 14.2 Å². The van der Waals surface area contributed by atoms with E-state index in [1.165, 1.54) is 19.3 Å². The van der Waals surface area contributed by atoms with Gasteiger partial charge in [0.05, 0.1) is 19.8 Å². The minimum Gasteiger partial charge on any atom is -0.494 e. The van der Waals surface area contributed by atoms with Gasteiger partial charge in [-0.3, -0.25) is 4.79 Å². The monoisotopic (exact) mass is 414 g/mol. The number of unbranched alkanes of at least 4 members (excludes halogenated alkanes) is 3. The summed E-state index contributed by atoms with van der Waals surface area (Å²) in [6.07, 6.45) is 4.75. The molecule has 30 heavy (non-hydrogen) atoms. The Hall–Kier alpha value is -2.73. The maximum absolute atomic E-state index is 12.2. The standard InChI is InChI=1S/C24H34N2O4/c1-3-5-6-7-15-29-22-13-11-20(12-14-22)25-19-24(27)26-21-9-8-10-23(18-21)30-17-16-28-4-2/h8-14,18,25H,3-7,15-17,19H2,1-2H3,(H,26,27). The van der Waals surface area contributed by atoms with Crippen LogP contribution in [0.15, 0.2) is 48.5 Å². The molecule has 2 N–H and O–H groups in total. The van der Waals surface area contributed by atoms with E-state index >= 15 is 0 Å². The van der Waals surface area contributed by atoms with E-state index in [0.717, 1.165) is 24.5 Å². The molecule has 0 atom stereocenters. The van der Waals surface area contributed by atoms with Gasteiger partial charge in [0.15, 0.2) is 0 Å². The van der Waals surface area contributed by atoms with Gasteiger partial charge in [-0.15, -0.1) is 0 Å². The third-order valence-corrected chi connectivity index (χ3v) is 4.39. The molecule has 0 aliphatic rings. The molecular weight excluding hydrogens is 380 g/mol. The molecule has 0 saturated heterocycles. The lowest BCUT2D eigenvalue weighted by Gasteiger charge is -2.11. The Kier molecular flexibility index (Phi) is 11.2. The SMILES string of the molecule is CCCCCCOc1ccc(NCC(=O)Nc2cccc(OCCOCC)c2)cc1. The number of amides is 1. The molecular formula is C24H34N2O4. The van der Waals surface area contributed by atoms with Crippen LogP contribution in [0.1, 0.15) is 39.5 Å². The van der Waals surface area contributed by atoms with E-state index < -0.39 is 0 Å². The molecule has 0 aromatic heterocycles. The van der Waals surface area contributed by atoms with Crippen molar-refractivity contribution in [3.8, 4) is 11.5 Å². The zero-order valence-electron chi connectivity index (χ0n) is 18.1. The fourth-order valence-electron chi connectivity index (χ4n) is 2.80. The number of rotatable bonds is 15. The normalized spacial score (nSPS) is 10.5. The van der Waals surface area contributed by atoms with E-state index in [2.05, 4.69) is 17.6 Å². The Morgan fingerprint density at radius 2 is 1.63 bits per heavy atom. The smallest absolute Gasteiger partial charge is 0.243 e. The summed E-state index contributed by atoms with van der Waals surface area (Å²) in [5.74, 6) is 1.42. The maximum atomic E-state index is 12.2. The Balaban J connectivity index is 1.70. The average molecular weight is 415 g/mol. The first-order chi connectivity index (χ1) is 14.7. The minimum absolute atomic E-state index is 0.127. The van der Waals surface area contributed by atoms with Gasteiger partial charge in [0.25, 0.3) is 0 Å². The van der Waals surface area contributed by atoms with E-state index in [-0.39, 0.29) is 12.5 Å². The molecule has 0 unspecified atom stereocenters. The average Bonchev–Trinajstić information content (AvgIpc) is 2.76. The number of anilines is 2. The van der Waals surface area contributed by atoms with Gasteiger partial charge >= 0.3 is 0 Å². The molecule has 2 aromatic rings. The molecule has 6 nitrogen and oxygen atoms in total. The predicted molar refractivity (Wildman–Crippen MR) is 122 cm³/mol. The Morgan fingerprint density at radius 3 is 2.40 bits per heavy atom. The van der Waals surface area contributed by atoms with Crippen molar-refractivity contribution in [3.63, 3.8) is 0 Å². The highest BCUT2D eigenvalue weighted by atomic mass is 16.5. The number of carbonyl (C=O) groups excluding carboxylic acids is 1. The van der Waals surface area contributed by atoms with Crippen LogP contribution < -0.4 is 20.1 Å². The zero-order chi connectivity index (χ0) is 21.4. The van der Waals surface area contributed by atoms with Gasteiger partial charge < -0.3 is 24.8 Å². The second-order valence-corrected chi connectivity index (χ2v) is 6.91. The van der Waals surface area contributed by atoms with E-state index in [1.807, 2.05) is 49.4 Å². The summed E-state index contributed by atoms with van der Waals surface area (Å²) in [6, 6.07) is 15.0. The summed E-state index contributed by atoms with van der Waals surface area (Å²) in [4.78, 5) is 12.2. The molecule has 0 heterocycles. The van der Waals surface area contributed by atoms with Crippen LogP contribution in [0, 0.1) is 0 Å². The number of benzene rings is 2. The molecule has 0 bridgehead atoms. The number of hydrogen-bond acceptors (Lipinski definition) is 5. The summed E-state index contributed by atoms with van der Waals surface area (Å²) in [6.45, 7) is 6.74. The van der Waals surface area contributed by atoms with Crippen LogP contribution in [0.5, 0.6) is 11.5 Å². The summed E-state index contributed by atoms with van der Waals surface area (Å²) >= 11 is 0. The summed E-state index contributed by atoms with van der Waals surface area (Å²) in [5, 5.41) is 6.00. The third-order valence-electron chi connectivity index (χ3n) is 4.39. The minimum atomic E-state index is -0.127. The molecule has 164 valence electrons. The van der Waals surface area contributed by atoms with Crippen LogP contribution in [-0.2, 0) is 9.53 Å². The van der Waals surface area contributed by atoms with Crippen molar-refractivity contribution in [2.75, 3.05) is 43.6 Å². The number of nitrogens with one attached hydrogen (secondary N) is 2. The molecule has 0 aliphatic heterocycles. The van der Waals surface area contributed by atoms with Crippen LogP contribution in [0.25, 0.3) is 0 Å². The quantitative estimate of drug-likeness (QED) is 0.396. The predicted octanol–water partition coefficient (Wildman–Crippen LogP) is 5.11.